The summed E-state index contributed by atoms with van der Waals surface area (Å²) in [5.74, 6) is 0.425. The molecule has 18 heavy (non-hydrogen) atoms. The molecule has 0 fully saturated rings. The van der Waals surface area contributed by atoms with Crippen LogP contribution in [0.15, 0.2) is 46.9 Å². The lowest BCUT2D eigenvalue weighted by molar-refractivity contribution is 0.344. The first-order valence-electron chi connectivity index (χ1n) is 5.31. The summed E-state index contributed by atoms with van der Waals surface area (Å²) in [5, 5.41) is 0.537. The zero-order valence-corrected chi connectivity index (χ0v) is 10.0. The number of fused-ring (bicyclic) bond motifs is 1. The molecule has 0 bridgehead atoms. The maximum atomic E-state index is 5.88. The highest BCUT2D eigenvalue weighted by atomic mass is 35.5. The molecule has 0 saturated heterocycles. The molecule has 0 aliphatic carbocycles. The van der Waals surface area contributed by atoms with Crippen LogP contribution in [0.25, 0.3) is 11.1 Å². The summed E-state index contributed by atoms with van der Waals surface area (Å²) in [6.45, 7) is 0. The van der Waals surface area contributed by atoms with Crippen LogP contribution in [0.2, 0.25) is 5.02 Å². The summed E-state index contributed by atoms with van der Waals surface area (Å²) in [6, 6.07) is 12.4. The summed E-state index contributed by atoms with van der Waals surface area (Å²) in [4.78, 5) is 4.19. The van der Waals surface area contributed by atoms with Gasteiger partial charge < -0.3 is 14.9 Å². The second-order valence-electron chi connectivity index (χ2n) is 3.73. The van der Waals surface area contributed by atoms with Gasteiger partial charge >= 0.3 is 6.08 Å². The van der Waals surface area contributed by atoms with Gasteiger partial charge in [-0.05, 0) is 24.3 Å². The van der Waals surface area contributed by atoms with E-state index in [9.17, 15) is 0 Å². The number of oxazole rings is 1. The lowest BCUT2D eigenvalue weighted by atomic mass is 10.3. The molecule has 3 aromatic rings. The van der Waals surface area contributed by atoms with E-state index in [1.165, 1.54) is 0 Å². The average molecular weight is 261 g/mol. The van der Waals surface area contributed by atoms with E-state index in [2.05, 4.69) is 4.98 Å². The van der Waals surface area contributed by atoms with Crippen LogP contribution in [0, 0.1) is 0 Å². The van der Waals surface area contributed by atoms with E-state index in [1.807, 2.05) is 24.3 Å². The van der Waals surface area contributed by atoms with E-state index in [1.54, 1.807) is 18.2 Å². The Kier molecular flexibility index (Phi) is 2.57. The SMILES string of the molecule is Nc1ccc(Cl)cc1Oc1nc2ccccc2o1. The van der Waals surface area contributed by atoms with Gasteiger partial charge in [0.2, 0.25) is 0 Å². The molecule has 0 atom stereocenters. The molecule has 2 aromatic carbocycles. The first-order chi connectivity index (χ1) is 8.72. The second kappa shape index (κ2) is 4.23. The Balaban J connectivity index is 1.98. The summed E-state index contributed by atoms with van der Waals surface area (Å²) < 4.78 is 10.9. The van der Waals surface area contributed by atoms with Crippen LogP contribution in [0.4, 0.5) is 5.69 Å². The van der Waals surface area contributed by atoms with Crippen molar-refractivity contribution >= 4 is 28.4 Å². The number of nitrogens with zero attached hydrogens (tertiary/aromatic N) is 1. The molecule has 0 unspecified atom stereocenters. The third-order valence-electron chi connectivity index (χ3n) is 2.45. The van der Waals surface area contributed by atoms with Crippen molar-refractivity contribution in [2.45, 2.75) is 0 Å². The average Bonchev–Trinajstić information content (AvgIpc) is 2.76. The monoisotopic (exact) mass is 260 g/mol. The molecule has 0 radical (unpaired) electrons. The summed E-state index contributed by atoms with van der Waals surface area (Å²) in [5.41, 5.74) is 7.64. The predicted molar refractivity (Wildman–Crippen MR) is 69.9 cm³/mol. The van der Waals surface area contributed by atoms with Crippen molar-refractivity contribution in [3.05, 3.63) is 47.5 Å². The highest BCUT2D eigenvalue weighted by Gasteiger charge is 2.09. The van der Waals surface area contributed by atoms with Crippen molar-refractivity contribution in [3.8, 4) is 11.8 Å². The number of nitrogen functional groups attached to an aromatic ring is 1. The number of ether oxygens (including phenoxy) is 1. The topological polar surface area (TPSA) is 61.3 Å². The fourth-order valence-electron chi connectivity index (χ4n) is 1.59. The number of hydrogen-bond acceptors (Lipinski definition) is 4. The Morgan fingerprint density at radius 1 is 1.17 bits per heavy atom. The maximum absolute atomic E-state index is 5.88. The third kappa shape index (κ3) is 1.98. The molecule has 0 spiro atoms. The molecule has 1 heterocycles. The second-order valence-corrected chi connectivity index (χ2v) is 4.17. The van der Waals surface area contributed by atoms with Crippen LogP contribution in [0.3, 0.4) is 0 Å². The first kappa shape index (κ1) is 10.9. The van der Waals surface area contributed by atoms with E-state index < -0.39 is 0 Å². The summed E-state index contributed by atoms with van der Waals surface area (Å²) in [6.07, 6.45) is 0.144. The Labute approximate surface area is 108 Å². The number of anilines is 1. The fraction of sp³-hybridized carbons (Fsp3) is 0. The normalized spacial score (nSPS) is 10.7. The van der Waals surface area contributed by atoms with Crippen molar-refractivity contribution in [2.75, 3.05) is 5.73 Å². The maximum Gasteiger partial charge on any atom is 0.400 e. The van der Waals surface area contributed by atoms with Gasteiger partial charge in [0.15, 0.2) is 11.3 Å². The zero-order chi connectivity index (χ0) is 12.5. The van der Waals surface area contributed by atoms with Crippen LogP contribution < -0.4 is 10.5 Å². The van der Waals surface area contributed by atoms with Gasteiger partial charge in [-0.15, -0.1) is 0 Å². The fourth-order valence-corrected chi connectivity index (χ4v) is 1.75. The Hall–Kier alpha value is -2.20. The van der Waals surface area contributed by atoms with Gasteiger partial charge in [-0.1, -0.05) is 23.7 Å². The quantitative estimate of drug-likeness (QED) is 0.711. The van der Waals surface area contributed by atoms with Crippen molar-refractivity contribution in [3.63, 3.8) is 0 Å². The number of aromatic nitrogens is 1. The largest absolute Gasteiger partial charge is 0.409 e. The molecule has 2 N–H and O–H groups in total. The van der Waals surface area contributed by atoms with Crippen molar-refractivity contribution in [1.29, 1.82) is 0 Å². The summed E-state index contributed by atoms with van der Waals surface area (Å²) in [7, 11) is 0. The Morgan fingerprint density at radius 2 is 2.00 bits per heavy atom. The minimum Gasteiger partial charge on any atom is -0.409 e. The molecule has 1 aromatic heterocycles. The van der Waals surface area contributed by atoms with Crippen molar-refractivity contribution in [1.82, 2.24) is 4.98 Å². The lowest BCUT2D eigenvalue weighted by Gasteiger charge is -2.04. The first-order valence-corrected chi connectivity index (χ1v) is 5.68. The van der Waals surface area contributed by atoms with Gasteiger partial charge in [0, 0.05) is 11.1 Å². The van der Waals surface area contributed by atoms with Crippen LogP contribution in [-0.4, -0.2) is 4.98 Å². The molecule has 0 saturated carbocycles. The third-order valence-corrected chi connectivity index (χ3v) is 2.68. The minimum atomic E-state index is 0.144. The van der Waals surface area contributed by atoms with Crippen LogP contribution in [0.5, 0.6) is 11.8 Å². The van der Waals surface area contributed by atoms with Gasteiger partial charge in [-0.3, -0.25) is 0 Å². The number of benzene rings is 2. The van der Waals surface area contributed by atoms with Gasteiger partial charge in [0.05, 0.1) is 5.69 Å². The standard InChI is InChI=1S/C13H9ClN2O2/c14-8-5-6-9(15)12(7-8)18-13-16-10-3-1-2-4-11(10)17-13/h1-7H,15H2. The van der Waals surface area contributed by atoms with Gasteiger partial charge in [-0.2, -0.15) is 4.98 Å². The van der Waals surface area contributed by atoms with Crippen molar-refractivity contribution < 1.29 is 9.15 Å². The molecule has 4 nitrogen and oxygen atoms in total. The van der Waals surface area contributed by atoms with Crippen LogP contribution >= 0.6 is 11.6 Å². The van der Waals surface area contributed by atoms with Gasteiger partial charge in [0.1, 0.15) is 5.52 Å². The molecular weight excluding hydrogens is 252 g/mol. The Bertz CT molecular complexity index is 676. The van der Waals surface area contributed by atoms with Gasteiger partial charge in [-0.25, -0.2) is 0 Å². The molecule has 90 valence electrons. The summed E-state index contributed by atoms with van der Waals surface area (Å²) >= 11 is 5.88. The molecule has 0 aliphatic heterocycles. The van der Waals surface area contributed by atoms with Crippen LogP contribution in [-0.2, 0) is 0 Å². The van der Waals surface area contributed by atoms with E-state index in [4.69, 9.17) is 26.5 Å². The highest BCUT2D eigenvalue weighted by Crippen LogP contribution is 2.31. The molecular formula is C13H9ClN2O2. The Morgan fingerprint density at radius 3 is 2.83 bits per heavy atom. The van der Waals surface area contributed by atoms with Crippen LogP contribution in [0.1, 0.15) is 0 Å². The predicted octanol–water partition coefficient (Wildman–Crippen LogP) is 3.86. The van der Waals surface area contributed by atoms with Crippen molar-refractivity contribution in [2.24, 2.45) is 0 Å². The van der Waals surface area contributed by atoms with Gasteiger partial charge in [0.25, 0.3) is 0 Å². The number of para-hydroxylation sites is 2. The lowest BCUT2D eigenvalue weighted by Crippen LogP contribution is -1.91. The number of halogens is 1. The number of rotatable bonds is 2. The van der Waals surface area contributed by atoms with E-state index in [0.29, 0.717) is 22.0 Å². The molecule has 3 rings (SSSR count). The molecule has 5 heteroatoms. The van der Waals surface area contributed by atoms with E-state index in [0.717, 1.165) is 5.52 Å². The zero-order valence-electron chi connectivity index (χ0n) is 9.26. The minimum absolute atomic E-state index is 0.144. The number of nitrogens with two attached hydrogens (primary N) is 1. The smallest absolute Gasteiger partial charge is 0.400 e. The molecule has 0 amide bonds. The highest BCUT2D eigenvalue weighted by molar-refractivity contribution is 6.30. The number of hydrogen-bond donors (Lipinski definition) is 1. The van der Waals surface area contributed by atoms with E-state index >= 15 is 0 Å². The van der Waals surface area contributed by atoms with E-state index in [-0.39, 0.29) is 6.08 Å². The molecule has 0 aliphatic rings.